The van der Waals surface area contributed by atoms with Gasteiger partial charge in [-0.3, -0.25) is 9.69 Å². The van der Waals surface area contributed by atoms with Crippen molar-refractivity contribution in [2.24, 2.45) is 0 Å². The van der Waals surface area contributed by atoms with Crippen molar-refractivity contribution in [3.05, 3.63) is 59.2 Å². The number of ether oxygens (including phenoxy) is 1. The Morgan fingerprint density at radius 2 is 2.13 bits per heavy atom. The van der Waals surface area contributed by atoms with Crippen LogP contribution in [0.3, 0.4) is 0 Å². The number of fused-ring (bicyclic) bond motifs is 3. The van der Waals surface area contributed by atoms with Crippen LogP contribution < -0.4 is 10.1 Å². The highest BCUT2D eigenvalue weighted by molar-refractivity contribution is 5.95. The monoisotopic (exact) mass is 421 g/mol. The molecule has 1 aromatic carbocycles. The summed E-state index contributed by atoms with van der Waals surface area (Å²) in [6, 6.07) is 10.4. The quantitative estimate of drug-likeness (QED) is 0.612. The molecule has 0 bridgehead atoms. The minimum atomic E-state index is -0.228. The van der Waals surface area contributed by atoms with Crippen LogP contribution >= 0.6 is 0 Å². The SMILES string of the molecule is Cc1ccc2c(c1)-c1onc(C(=O)NCCN(Cc3ccco3)C3CCCC3)c1CO2. The number of aryl methyl sites for hydroxylation is 1. The number of amides is 1. The average molecular weight is 421 g/mol. The fraction of sp³-hybridized carbons (Fsp3) is 0.417. The van der Waals surface area contributed by atoms with Crippen LogP contribution in [0.25, 0.3) is 11.3 Å². The molecule has 162 valence electrons. The van der Waals surface area contributed by atoms with E-state index in [2.05, 4.69) is 15.4 Å². The molecule has 3 aromatic rings. The van der Waals surface area contributed by atoms with E-state index in [4.69, 9.17) is 13.7 Å². The molecule has 1 aliphatic heterocycles. The molecule has 1 saturated carbocycles. The van der Waals surface area contributed by atoms with Crippen molar-refractivity contribution in [1.29, 1.82) is 0 Å². The molecule has 0 spiro atoms. The van der Waals surface area contributed by atoms with Crippen molar-refractivity contribution in [3.63, 3.8) is 0 Å². The predicted molar refractivity (Wildman–Crippen MR) is 115 cm³/mol. The molecule has 2 aliphatic rings. The number of carbonyl (C=O) groups excluding carboxylic acids is 1. The molecule has 1 amide bonds. The Morgan fingerprint density at radius 1 is 1.26 bits per heavy atom. The summed E-state index contributed by atoms with van der Waals surface area (Å²) in [5, 5.41) is 7.08. The lowest BCUT2D eigenvalue weighted by Crippen LogP contribution is -2.39. The first-order chi connectivity index (χ1) is 15.2. The van der Waals surface area contributed by atoms with E-state index in [0.29, 0.717) is 29.6 Å². The van der Waals surface area contributed by atoms with Crippen LogP contribution in [0.5, 0.6) is 5.75 Å². The molecule has 1 fully saturated rings. The van der Waals surface area contributed by atoms with Crippen LogP contribution in [0.15, 0.2) is 45.5 Å². The zero-order chi connectivity index (χ0) is 21.2. The number of nitrogens with zero attached hydrogens (tertiary/aromatic N) is 2. The van der Waals surface area contributed by atoms with Crippen molar-refractivity contribution < 1.29 is 18.5 Å². The molecule has 1 N–H and O–H groups in total. The Labute approximate surface area is 181 Å². The first kappa shape index (κ1) is 19.9. The van der Waals surface area contributed by atoms with Gasteiger partial charge in [-0.05, 0) is 44.0 Å². The van der Waals surface area contributed by atoms with Crippen LogP contribution in [0, 0.1) is 6.92 Å². The van der Waals surface area contributed by atoms with Crippen molar-refractivity contribution in [2.75, 3.05) is 13.1 Å². The fourth-order valence-corrected chi connectivity index (χ4v) is 4.59. The average Bonchev–Trinajstić information content (AvgIpc) is 3.54. The molecule has 0 atom stereocenters. The molecule has 0 unspecified atom stereocenters. The van der Waals surface area contributed by atoms with Gasteiger partial charge in [0.05, 0.1) is 23.9 Å². The fourth-order valence-electron chi connectivity index (χ4n) is 4.59. The Balaban J connectivity index is 1.25. The summed E-state index contributed by atoms with van der Waals surface area (Å²) in [5.74, 6) is 2.11. The van der Waals surface area contributed by atoms with Gasteiger partial charge in [0.15, 0.2) is 11.5 Å². The summed E-state index contributed by atoms with van der Waals surface area (Å²) in [6.45, 7) is 4.35. The molecule has 1 aliphatic carbocycles. The van der Waals surface area contributed by atoms with Gasteiger partial charge in [0, 0.05) is 19.1 Å². The summed E-state index contributed by atoms with van der Waals surface area (Å²) < 4.78 is 16.9. The lowest BCUT2D eigenvalue weighted by Gasteiger charge is -2.28. The molecule has 0 saturated heterocycles. The first-order valence-electron chi connectivity index (χ1n) is 11.0. The van der Waals surface area contributed by atoms with Gasteiger partial charge in [-0.2, -0.15) is 0 Å². The zero-order valence-corrected chi connectivity index (χ0v) is 17.7. The van der Waals surface area contributed by atoms with E-state index < -0.39 is 0 Å². The van der Waals surface area contributed by atoms with Crippen LogP contribution in [-0.4, -0.2) is 35.1 Å². The highest BCUT2D eigenvalue weighted by atomic mass is 16.5. The maximum Gasteiger partial charge on any atom is 0.273 e. The normalized spacial score (nSPS) is 15.5. The second kappa shape index (κ2) is 8.59. The third-order valence-corrected chi connectivity index (χ3v) is 6.22. The van der Waals surface area contributed by atoms with Gasteiger partial charge in [-0.1, -0.05) is 29.6 Å². The van der Waals surface area contributed by atoms with E-state index in [1.54, 1.807) is 6.26 Å². The van der Waals surface area contributed by atoms with Gasteiger partial charge in [-0.15, -0.1) is 0 Å². The Kier molecular flexibility index (Phi) is 5.51. The number of nitrogens with one attached hydrogen (secondary N) is 1. The van der Waals surface area contributed by atoms with E-state index in [-0.39, 0.29) is 12.5 Å². The van der Waals surface area contributed by atoms with E-state index in [1.807, 2.05) is 37.3 Å². The standard InChI is InChI=1S/C24H27N3O4/c1-16-8-9-21-19(13-16)23-20(15-30-21)22(26-31-23)24(28)25-10-11-27(17-5-2-3-6-17)14-18-7-4-12-29-18/h4,7-9,12-13,17H,2-3,5-6,10-11,14-15H2,1H3,(H,25,28). The molecule has 2 aromatic heterocycles. The summed E-state index contributed by atoms with van der Waals surface area (Å²) in [5.41, 5.74) is 2.96. The van der Waals surface area contributed by atoms with E-state index in [1.165, 1.54) is 25.7 Å². The summed E-state index contributed by atoms with van der Waals surface area (Å²) >= 11 is 0. The minimum Gasteiger partial charge on any atom is -0.488 e. The van der Waals surface area contributed by atoms with Crippen LogP contribution in [-0.2, 0) is 13.2 Å². The third kappa shape index (κ3) is 4.10. The predicted octanol–water partition coefficient (Wildman–Crippen LogP) is 4.31. The zero-order valence-electron chi connectivity index (χ0n) is 17.7. The largest absolute Gasteiger partial charge is 0.488 e. The summed E-state index contributed by atoms with van der Waals surface area (Å²) in [6.07, 6.45) is 6.62. The maximum atomic E-state index is 12.9. The Hall–Kier alpha value is -3.06. The summed E-state index contributed by atoms with van der Waals surface area (Å²) in [7, 11) is 0. The molecule has 0 radical (unpaired) electrons. The van der Waals surface area contributed by atoms with E-state index in [0.717, 1.165) is 35.7 Å². The smallest absolute Gasteiger partial charge is 0.273 e. The number of benzene rings is 1. The minimum absolute atomic E-state index is 0.228. The van der Waals surface area contributed by atoms with Crippen LogP contribution in [0.2, 0.25) is 0 Å². The van der Waals surface area contributed by atoms with Crippen molar-refractivity contribution in [1.82, 2.24) is 15.4 Å². The number of aromatic nitrogens is 1. The first-order valence-corrected chi connectivity index (χ1v) is 11.0. The van der Waals surface area contributed by atoms with Crippen molar-refractivity contribution in [2.45, 2.75) is 51.8 Å². The molecule has 7 heteroatoms. The van der Waals surface area contributed by atoms with E-state index in [9.17, 15) is 4.79 Å². The summed E-state index contributed by atoms with van der Waals surface area (Å²) in [4.78, 5) is 15.3. The highest BCUT2D eigenvalue weighted by Crippen LogP contribution is 2.39. The van der Waals surface area contributed by atoms with Crippen molar-refractivity contribution >= 4 is 5.91 Å². The molecule has 5 rings (SSSR count). The maximum absolute atomic E-state index is 12.9. The highest BCUT2D eigenvalue weighted by Gasteiger charge is 2.29. The van der Waals surface area contributed by atoms with Gasteiger partial charge >= 0.3 is 0 Å². The number of furan rings is 1. The molecule has 31 heavy (non-hydrogen) atoms. The van der Waals surface area contributed by atoms with Crippen LogP contribution in [0.1, 0.15) is 53.1 Å². The third-order valence-electron chi connectivity index (χ3n) is 6.22. The molecule has 3 heterocycles. The topological polar surface area (TPSA) is 80.7 Å². The molecule has 7 nitrogen and oxygen atoms in total. The molecular weight excluding hydrogens is 394 g/mol. The van der Waals surface area contributed by atoms with Gasteiger partial charge < -0.3 is 19.0 Å². The van der Waals surface area contributed by atoms with Gasteiger partial charge in [0.1, 0.15) is 18.1 Å². The lowest BCUT2D eigenvalue weighted by atomic mass is 10.0. The Morgan fingerprint density at radius 3 is 2.94 bits per heavy atom. The number of hydrogen-bond acceptors (Lipinski definition) is 6. The number of carbonyl (C=O) groups is 1. The molecular formula is C24H27N3O4. The van der Waals surface area contributed by atoms with E-state index >= 15 is 0 Å². The van der Waals surface area contributed by atoms with Gasteiger partial charge in [0.25, 0.3) is 5.91 Å². The second-order valence-electron chi connectivity index (χ2n) is 8.37. The van der Waals surface area contributed by atoms with Gasteiger partial charge in [-0.25, -0.2) is 0 Å². The Bertz CT molecular complexity index is 1050. The van der Waals surface area contributed by atoms with Gasteiger partial charge in [0.2, 0.25) is 0 Å². The second-order valence-corrected chi connectivity index (χ2v) is 8.37. The van der Waals surface area contributed by atoms with Crippen LogP contribution in [0.4, 0.5) is 0 Å². The van der Waals surface area contributed by atoms with Crippen molar-refractivity contribution in [3.8, 4) is 17.1 Å². The number of hydrogen-bond donors (Lipinski definition) is 1. The lowest BCUT2D eigenvalue weighted by molar-refractivity contribution is 0.0930. The number of rotatable bonds is 7.